The summed E-state index contributed by atoms with van der Waals surface area (Å²) in [5.74, 6) is -0.910. The average molecular weight is 312 g/mol. The summed E-state index contributed by atoms with van der Waals surface area (Å²) in [7, 11) is 0. The van der Waals surface area contributed by atoms with Gasteiger partial charge in [0.2, 0.25) is 0 Å². The van der Waals surface area contributed by atoms with Gasteiger partial charge in [0.05, 0.1) is 25.0 Å². The molecule has 6 atom stereocenters. The second-order valence-electron chi connectivity index (χ2n) is 6.72. The van der Waals surface area contributed by atoms with Crippen LogP contribution >= 0.6 is 0 Å². The largest absolute Gasteiger partial charge is 0.463 e. The molecule has 0 bridgehead atoms. The van der Waals surface area contributed by atoms with Crippen molar-refractivity contribution in [3.63, 3.8) is 0 Å². The van der Waals surface area contributed by atoms with Gasteiger partial charge in [-0.05, 0) is 24.7 Å². The Morgan fingerprint density at radius 3 is 2.05 bits per heavy atom. The van der Waals surface area contributed by atoms with Crippen molar-refractivity contribution in [1.29, 1.82) is 0 Å². The number of epoxide rings is 2. The van der Waals surface area contributed by atoms with Crippen molar-refractivity contribution in [3.8, 4) is 0 Å². The second-order valence-corrected chi connectivity index (χ2v) is 6.72. The summed E-state index contributed by atoms with van der Waals surface area (Å²) in [6, 6.07) is 0. The quantitative estimate of drug-likeness (QED) is 0.541. The predicted molar refractivity (Wildman–Crippen MR) is 75.9 cm³/mol. The Morgan fingerprint density at radius 1 is 0.955 bits per heavy atom. The summed E-state index contributed by atoms with van der Waals surface area (Å²) in [6.45, 7) is 6.02. The molecule has 22 heavy (non-hydrogen) atoms. The molecule has 6 unspecified atom stereocenters. The Hall–Kier alpha value is -1.14. The van der Waals surface area contributed by atoms with E-state index in [4.69, 9.17) is 18.9 Å². The zero-order valence-corrected chi connectivity index (χ0v) is 13.2. The molecule has 1 aliphatic carbocycles. The molecular weight excluding hydrogens is 288 g/mol. The van der Waals surface area contributed by atoms with Crippen LogP contribution in [0.2, 0.25) is 0 Å². The van der Waals surface area contributed by atoms with E-state index in [0.29, 0.717) is 25.6 Å². The molecule has 0 aromatic rings. The molecule has 0 amide bonds. The Balaban J connectivity index is 1.61. The van der Waals surface area contributed by atoms with E-state index in [-0.39, 0.29) is 43.3 Å². The van der Waals surface area contributed by atoms with E-state index < -0.39 is 11.8 Å². The van der Waals surface area contributed by atoms with Gasteiger partial charge in [-0.15, -0.1) is 0 Å². The fraction of sp³-hybridized carbons (Fsp3) is 0.875. The van der Waals surface area contributed by atoms with Gasteiger partial charge in [-0.2, -0.15) is 0 Å². The number of hydrogen-bond donors (Lipinski definition) is 0. The van der Waals surface area contributed by atoms with Gasteiger partial charge in [0.15, 0.2) is 0 Å². The standard InChI is InChI=1S/C16H24O6/c1-9-3-4-13(15(17)21-7-11-5-19-11)14(10(9)2)16(18)22-8-12-6-20-12/h9-14H,3-8H2,1-2H3. The Labute approximate surface area is 130 Å². The molecule has 1 saturated carbocycles. The highest BCUT2D eigenvalue weighted by molar-refractivity contribution is 5.82. The molecule has 3 aliphatic rings. The number of rotatable bonds is 6. The molecule has 0 spiro atoms. The van der Waals surface area contributed by atoms with Crippen LogP contribution in [0.5, 0.6) is 0 Å². The van der Waals surface area contributed by atoms with Gasteiger partial charge in [0.1, 0.15) is 25.4 Å². The molecule has 6 heteroatoms. The molecule has 0 aromatic carbocycles. The Kier molecular flexibility index (Phi) is 4.68. The maximum atomic E-state index is 12.4. The zero-order valence-electron chi connectivity index (χ0n) is 13.2. The van der Waals surface area contributed by atoms with Gasteiger partial charge in [-0.3, -0.25) is 9.59 Å². The van der Waals surface area contributed by atoms with Crippen LogP contribution in [0.4, 0.5) is 0 Å². The van der Waals surface area contributed by atoms with E-state index in [0.717, 1.165) is 6.42 Å². The number of carbonyl (C=O) groups is 2. The summed E-state index contributed by atoms with van der Waals surface area (Å²) in [5.41, 5.74) is 0. The molecule has 3 rings (SSSR count). The summed E-state index contributed by atoms with van der Waals surface area (Å²) in [4.78, 5) is 24.8. The monoisotopic (exact) mass is 312 g/mol. The Bertz CT molecular complexity index is 428. The summed E-state index contributed by atoms with van der Waals surface area (Å²) in [6.07, 6.45) is 1.69. The van der Waals surface area contributed by atoms with E-state index in [1.54, 1.807) is 0 Å². The maximum absolute atomic E-state index is 12.4. The lowest BCUT2D eigenvalue weighted by Gasteiger charge is -2.37. The van der Waals surface area contributed by atoms with E-state index in [2.05, 4.69) is 6.92 Å². The fourth-order valence-electron chi connectivity index (χ4n) is 3.13. The average Bonchev–Trinajstić information content (AvgIpc) is 3.38. The SMILES string of the molecule is CC1CCC(C(=O)OCC2CO2)C(C(=O)OCC2CO2)C1C. The van der Waals surface area contributed by atoms with Gasteiger partial charge in [0, 0.05) is 0 Å². The number of esters is 2. The molecule has 6 nitrogen and oxygen atoms in total. The minimum absolute atomic E-state index is 0.0395. The first-order valence-electron chi connectivity index (χ1n) is 8.12. The maximum Gasteiger partial charge on any atom is 0.310 e. The van der Waals surface area contributed by atoms with Gasteiger partial charge < -0.3 is 18.9 Å². The van der Waals surface area contributed by atoms with Crippen LogP contribution in [0.3, 0.4) is 0 Å². The molecule has 3 fully saturated rings. The number of hydrogen-bond acceptors (Lipinski definition) is 6. The van der Waals surface area contributed by atoms with Gasteiger partial charge in [-0.25, -0.2) is 0 Å². The van der Waals surface area contributed by atoms with Crippen LogP contribution in [0.1, 0.15) is 26.7 Å². The van der Waals surface area contributed by atoms with E-state index >= 15 is 0 Å². The van der Waals surface area contributed by atoms with Crippen molar-refractivity contribution in [1.82, 2.24) is 0 Å². The molecule has 0 N–H and O–H groups in total. The predicted octanol–water partition coefficient (Wildman–Crippen LogP) is 1.17. The van der Waals surface area contributed by atoms with Crippen LogP contribution in [0, 0.1) is 23.7 Å². The van der Waals surface area contributed by atoms with Crippen molar-refractivity contribution in [2.75, 3.05) is 26.4 Å². The third-order valence-electron chi connectivity index (χ3n) is 5.03. The lowest BCUT2D eigenvalue weighted by Crippen LogP contribution is -2.42. The first-order valence-corrected chi connectivity index (χ1v) is 8.12. The summed E-state index contributed by atoms with van der Waals surface area (Å²) >= 11 is 0. The van der Waals surface area contributed by atoms with Crippen LogP contribution < -0.4 is 0 Å². The van der Waals surface area contributed by atoms with E-state index in [1.807, 2.05) is 6.92 Å². The number of carbonyl (C=O) groups excluding carboxylic acids is 2. The third kappa shape index (κ3) is 3.79. The molecule has 2 saturated heterocycles. The van der Waals surface area contributed by atoms with Crippen LogP contribution in [-0.2, 0) is 28.5 Å². The minimum Gasteiger partial charge on any atom is -0.463 e. The first kappa shape index (κ1) is 15.7. The second kappa shape index (κ2) is 6.54. The number of ether oxygens (including phenoxy) is 4. The molecule has 0 radical (unpaired) electrons. The van der Waals surface area contributed by atoms with Crippen molar-refractivity contribution >= 4 is 11.9 Å². The fourth-order valence-corrected chi connectivity index (χ4v) is 3.13. The Morgan fingerprint density at radius 2 is 1.50 bits per heavy atom. The van der Waals surface area contributed by atoms with Gasteiger partial charge >= 0.3 is 11.9 Å². The smallest absolute Gasteiger partial charge is 0.310 e. The lowest BCUT2D eigenvalue weighted by molar-refractivity contribution is -0.167. The first-order chi connectivity index (χ1) is 10.6. The van der Waals surface area contributed by atoms with Crippen LogP contribution in [0.15, 0.2) is 0 Å². The van der Waals surface area contributed by atoms with Crippen molar-refractivity contribution < 1.29 is 28.5 Å². The summed E-state index contributed by atoms with van der Waals surface area (Å²) in [5, 5.41) is 0. The van der Waals surface area contributed by atoms with Crippen LogP contribution in [0.25, 0.3) is 0 Å². The normalized spacial score (nSPS) is 39.9. The highest BCUT2D eigenvalue weighted by atomic mass is 16.6. The minimum atomic E-state index is -0.421. The molecule has 2 aliphatic heterocycles. The third-order valence-corrected chi connectivity index (χ3v) is 5.03. The van der Waals surface area contributed by atoms with Crippen molar-refractivity contribution in [3.05, 3.63) is 0 Å². The molecule has 0 aromatic heterocycles. The molecule has 2 heterocycles. The highest BCUT2D eigenvalue weighted by Gasteiger charge is 2.45. The topological polar surface area (TPSA) is 77.7 Å². The highest BCUT2D eigenvalue weighted by Crippen LogP contribution is 2.40. The molecule has 124 valence electrons. The van der Waals surface area contributed by atoms with E-state index in [9.17, 15) is 9.59 Å². The van der Waals surface area contributed by atoms with Crippen LogP contribution in [-0.4, -0.2) is 50.6 Å². The van der Waals surface area contributed by atoms with Gasteiger partial charge in [-0.1, -0.05) is 13.8 Å². The molecular formula is C16H24O6. The zero-order chi connectivity index (χ0) is 15.7. The van der Waals surface area contributed by atoms with Crippen molar-refractivity contribution in [2.24, 2.45) is 23.7 Å². The van der Waals surface area contributed by atoms with Crippen molar-refractivity contribution in [2.45, 2.75) is 38.9 Å². The summed E-state index contributed by atoms with van der Waals surface area (Å²) < 4.78 is 20.8. The van der Waals surface area contributed by atoms with Gasteiger partial charge in [0.25, 0.3) is 0 Å². The van der Waals surface area contributed by atoms with E-state index in [1.165, 1.54) is 0 Å². The lowest BCUT2D eigenvalue weighted by atomic mass is 9.68.